The molecule has 160 valence electrons. The van der Waals surface area contributed by atoms with Crippen LogP contribution in [-0.2, 0) is 0 Å². The predicted molar refractivity (Wildman–Crippen MR) is 118 cm³/mol. The number of hydrogen-bond acceptors (Lipinski definition) is 4. The molecule has 0 aromatic carbocycles. The molecule has 0 amide bonds. The van der Waals surface area contributed by atoms with E-state index >= 15 is 0 Å². The van der Waals surface area contributed by atoms with Crippen molar-refractivity contribution in [1.82, 2.24) is 20.2 Å². The fourth-order valence-electron chi connectivity index (χ4n) is 5.57. The molecule has 1 unspecified atom stereocenters. The summed E-state index contributed by atoms with van der Waals surface area (Å²) in [4.78, 5) is 2.67. The van der Waals surface area contributed by atoms with Crippen molar-refractivity contribution < 1.29 is 0 Å². The Labute approximate surface area is 170 Å². The summed E-state index contributed by atoms with van der Waals surface area (Å²) in [5.41, 5.74) is 0. The quantitative estimate of drug-likeness (QED) is 0.432. The van der Waals surface area contributed by atoms with Crippen LogP contribution in [0.15, 0.2) is 0 Å². The van der Waals surface area contributed by atoms with E-state index in [2.05, 4.69) is 61.9 Å². The molecule has 0 aromatic heterocycles. The van der Waals surface area contributed by atoms with E-state index in [0.717, 1.165) is 25.2 Å². The third-order valence-electron chi connectivity index (χ3n) is 6.86. The SMILES string of the molecule is CCNC(CN(C1CCCCC1)N(C)C1CCCCC1)N(C(C)C)C(C)C. The second-order valence-corrected chi connectivity index (χ2v) is 9.49. The Kier molecular flexibility index (Phi) is 10.1. The van der Waals surface area contributed by atoms with Crippen LogP contribution in [-0.4, -0.2) is 65.4 Å². The van der Waals surface area contributed by atoms with Gasteiger partial charge in [0, 0.05) is 37.8 Å². The molecule has 0 radical (unpaired) electrons. The molecule has 2 saturated carbocycles. The number of nitrogens with one attached hydrogen (secondary N) is 1. The van der Waals surface area contributed by atoms with Crippen LogP contribution >= 0.6 is 0 Å². The Hall–Kier alpha value is -0.160. The van der Waals surface area contributed by atoms with Gasteiger partial charge in [-0.3, -0.25) is 4.90 Å². The molecule has 0 spiro atoms. The molecule has 4 heteroatoms. The van der Waals surface area contributed by atoms with E-state index in [0.29, 0.717) is 18.2 Å². The second-order valence-electron chi connectivity index (χ2n) is 9.49. The van der Waals surface area contributed by atoms with Gasteiger partial charge in [0.2, 0.25) is 0 Å². The van der Waals surface area contributed by atoms with Gasteiger partial charge in [-0.1, -0.05) is 45.4 Å². The number of hydrogen-bond donors (Lipinski definition) is 1. The predicted octanol–water partition coefficient (Wildman–Crippen LogP) is 4.86. The van der Waals surface area contributed by atoms with Crippen molar-refractivity contribution in [2.24, 2.45) is 0 Å². The summed E-state index contributed by atoms with van der Waals surface area (Å²) in [6, 6.07) is 2.59. The first-order chi connectivity index (χ1) is 13.0. The van der Waals surface area contributed by atoms with Crippen molar-refractivity contribution in [2.45, 2.75) is 129 Å². The van der Waals surface area contributed by atoms with E-state index < -0.39 is 0 Å². The Morgan fingerprint density at radius 3 is 1.70 bits per heavy atom. The molecule has 1 N–H and O–H groups in total. The maximum atomic E-state index is 3.83. The summed E-state index contributed by atoms with van der Waals surface area (Å²) < 4.78 is 0. The van der Waals surface area contributed by atoms with E-state index in [1.807, 2.05) is 0 Å². The van der Waals surface area contributed by atoms with Crippen LogP contribution in [0, 0.1) is 0 Å². The topological polar surface area (TPSA) is 21.8 Å². The van der Waals surface area contributed by atoms with Crippen LogP contribution in [0.5, 0.6) is 0 Å². The fourth-order valence-corrected chi connectivity index (χ4v) is 5.57. The van der Waals surface area contributed by atoms with Crippen molar-refractivity contribution in [3.8, 4) is 0 Å². The van der Waals surface area contributed by atoms with Crippen LogP contribution in [0.25, 0.3) is 0 Å². The zero-order valence-electron chi connectivity index (χ0n) is 19.2. The molecule has 0 bridgehead atoms. The van der Waals surface area contributed by atoms with Crippen molar-refractivity contribution in [1.29, 1.82) is 0 Å². The highest BCUT2D eigenvalue weighted by atomic mass is 15.6. The second kappa shape index (κ2) is 11.7. The number of nitrogens with zero attached hydrogens (tertiary/aromatic N) is 3. The van der Waals surface area contributed by atoms with Crippen molar-refractivity contribution in [3.63, 3.8) is 0 Å². The molecular formula is C23H48N4. The van der Waals surface area contributed by atoms with Crippen molar-refractivity contribution in [3.05, 3.63) is 0 Å². The van der Waals surface area contributed by atoms with E-state index in [1.54, 1.807) is 0 Å². The van der Waals surface area contributed by atoms with Gasteiger partial charge in [-0.05, 0) is 59.9 Å². The van der Waals surface area contributed by atoms with E-state index in [-0.39, 0.29) is 0 Å². The number of rotatable bonds is 10. The van der Waals surface area contributed by atoms with E-state index in [9.17, 15) is 0 Å². The third kappa shape index (κ3) is 6.69. The van der Waals surface area contributed by atoms with Gasteiger partial charge in [-0.25, -0.2) is 10.0 Å². The van der Waals surface area contributed by atoms with Crippen LogP contribution < -0.4 is 5.32 Å². The zero-order valence-corrected chi connectivity index (χ0v) is 19.2. The first kappa shape index (κ1) is 23.1. The minimum absolute atomic E-state index is 0.419. The molecule has 0 saturated heterocycles. The van der Waals surface area contributed by atoms with Gasteiger partial charge in [0.1, 0.15) is 0 Å². The first-order valence-corrected chi connectivity index (χ1v) is 12.0. The molecule has 27 heavy (non-hydrogen) atoms. The Morgan fingerprint density at radius 1 is 0.778 bits per heavy atom. The molecule has 0 aromatic rings. The monoisotopic (exact) mass is 380 g/mol. The van der Waals surface area contributed by atoms with E-state index in [4.69, 9.17) is 0 Å². The molecule has 2 aliphatic rings. The van der Waals surface area contributed by atoms with Gasteiger partial charge in [-0.15, -0.1) is 0 Å². The molecule has 2 aliphatic carbocycles. The lowest BCUT2D eigenvalue weighted by atomic mass is 9.93. The first-order valence-electron chi connectivity index (χ1n) is 12.0. The fraction of sp³-hybridized carbons (Fsp3) is 1.00. The summed E-state index contributed by atoms with van der Waals surface area (Å²) in [5.74, 6) is 0. The summed E-state index contributed by atoms with van der Waals surface area (Å²) >= 11 is 0. The molecular weight excluding hydrogens is 332 g/mol. The lowest BCUT2D eigenvalue weighted by Gasteiger charge is -2.48. The van der Waals surface area contributed by atoms with E-state index in [1.165, 1.54) is 64.2 Å². The summed E-state index contributed by atoms with van der Waals surface area (Å²) in [7, 11) is 2.39. The van der Waals surface area contributed by atoms with Gasteiger partial charge in [0.05, 0.1) is 6.17 Å². The minimum Gasteiger partial charge on any atom is -0.301 e. The molecule has 1 atom stereocenters. The lowest BCUT2D eigenvalue weighted by molar-refractivity contribution is -0.109. The van der Waals surface area contributed by atoms with Gasteiger partial charge in [-0.2, -0.15) is 0 Å². The highest BCUT2D eigenvalue weighted by Crippen LogP contribution is 2.29. The van der Waals surface area contributed by atoms with Gasteiger partial charge in [0.25, 0.3) is 0 Å². The smallest absolute Gasteiger partial charge is 0.0747 e. The number of likely N-dealkylation sites (N-methyl/N-ethyl adjacent to an activating group) is 1. The normalized spacial score (nSPS) is 21.9. The van der Waals surface area contributed by atoms with Gasteiger partial charge < -0.3 is 5.32 Å². The van der Waals surface area contributed by atoms with Crippen LogP contribution in [0.2, 0.25) is 0 Å². The zero-order chi connectivity index (χ0) is 19.8. The van der Waals surface area contributed by atoms with Crippen molar-refractivity contribution >= 4 is 0 Å². The number of hydrazine groups is 1. The van der Waals surface area contributed by atoms with Crippen LogP contribution in [0.3, 0.4) is 0 Å². The maximum absolute atomic E-state index is 3.83. The highest BCUT2D eigenvalue weighted by Gasteiger charge is 2.33. The molecule has 0 heterocycles. The standard InChI is InChI=1S/C23H48N4/c1-7-24-23(27(19(2)3)20(4)5)18-26(22-16-12-9-13-17-22)25(6)21-14-10-8-11-15-21/h19-24H,7-18H2,1-6H3. The lowest BCUT2D eigenvalue weighted by Crippen LogP contribution is -2.62. The third-order valence-corrected chi connectivity index (χ3v) is 6.86. The Morgan fingerprint density at radius 2 is 1.26 bits per heavy atom. The van der Waals surface area contributed by atoms with Crippen LogP contribution in [0.4, 0.5) is 0 Å². The van der Waals surface area contributed by atoms with Crippen LogP contribution in [0.1, 0.15) is 98.8 Å². The summed E-state index contributed by atoms with van der Waals surface area (Å²) in [5, 5.41) is 9.30. The molecule has 2 fully saturated rings. The summed E-state index contributed by atoms with van der Waals surface area (Å²) in [6.45, 7) is 13.8. The highest BCUT2D eigenvalue weighted by molar-refractivity contribution is 4.84. The average molecular weight is 381 g/mol. The molecule has 4 nitrogen and oxygen atoms in total. The Balaban J connectivity index is 2.18. The molecule has 2 rings (SSSR count). The maximum Gasteiger partial charge on any atom is 0.0747 e. The Bertz CT molecular complexity index is 378. The largest absolute Gasteiger partial charge is 0.301 e. The van der Waals surface area contributed by atoms with Crippen molar-refractivity contribution in [2.75, 3.05) is 20.1 Å². The average Bonchev–Trinajstić information content (AvgIpc) is 2.66. The minimum atomic E-state index is 0.419. The summed E-state index contributed by atoms with van der Waals surface area (Å²) in [6.07, 6.45) is 14.4. The molecule has 0 aliphatic heterocycles. The van der Waals surface area contributed by atoms with Gasteiger partial charge in [0.15, 0.2) is 0 Å². The van der Waals surface area contributed by atoms with Gasteiger partial charge >= 0.3 is 0 Å².